The van der Waals surface area contributed by atoms with E-state index in [1.165, 1.54) is 3.57 Å². The van der Waals surface area contributed by atoms with E-state index in [-0.39, 0.29) is 6.04 Å². The Hall–Kier alpha value is 0.190. The Labute approximate surface area is 151 Å². The molecule has 1 nitrogen and oxygen atoms in total. The van der Waals surface area contributed by atoms with Crippen LogP contribution >= 0.6 is 61.7 Å². The number of halogens is 4. The Morgan fingerprint density at radius 2 is 1.90 bits per heavy atom. The molecule has 2 aromatic carbocycles. The maximum absolute atomic E-state index is 6.35. The molecule has 0 aliphatic rings. The highest BCUT2D eigenvalue weighted by Crippen LogP contribution is 2.34. The van der Waals surface area contributed by atoms with Crippen LogP contribution in [0.2, 0.25) is 10.0 Å². The zero-order valence-electron chi connectivity index (χ0n) is 10.8. The summed E-state index contributed by atoms with van der Waals surface area (Å²) >= 11 is 18.4. The molecule has 5 heteroatoms. The second-order valence-electron chi connectivity index (χ2n) is 4.32. The standard InChI is InChI=1S/C15H13BrCl2IN/c1-2-20-15(11-8-10(19)4-5-13(11)16)12-7-9(17)3-6-14(12)18/h3-8,15,20H,2H2,1H3. The number of nitrogens with one attached hydrogen (secondary N) is 1. The lowest BCUT2D eigenvalue weighted by atomic mass is 9.98. The lowest BCUT2D eigenvalue weighted by molar-refractivity contribution is 0.628. The van der Waals surface area contributed by atoms with Gasteiger partial charge in [0.2, 0.25) is 0 Å². The minimum Gasteiger partial charge on any atom is -0.306 e. The van der Waals surface area contributed by atoms with E-state index < -0.39 is 0 Å². The molecule has 0 aliphatic carbocycles. The molecule has 0 amide bonds. The predicted octanol–water partition coefficient (Wildman–Crippen LogP) is 6.06. The molecule has 0 bridgehead atoms. The van der Waals surface area contributed by atoms with Crippen molar-refractivity contribution in [2.24, 2.45) is 0 Å². The molecule has 2 rings (SSSR count). The van der Waals surface area contributed by atoms with E-state index >= 15 is 0 Å². The maximum atomic E-state index is 6.35. The minimum atomic E-state index is 0.00953. The van der Waals surface area contributed by atoms with Gasteiger partial charge in [0.05, 0.1) is 6.04 Å². The SMILES string of the molecule is CCNC(c1cc(Cl)ccc1Cl)c1cc(I)ccc1Br. The summed E-state index contributed by atoms with van der Waals surface area (Å²) in [7, 11) is 0. The molecule has 1 unspecified atom stereocenters. The minimum absolute atomic E-state index is 0.00953. The molecule has 0 aliphatic heterocycles. The van der Waals surface area contributed by atoms with Crippen molar-refractivity contribution in [3.8, 4) is 0 Å². The van der Waals surface area contributed by atoms with Gasteiger partial charge in [0.15, 0.2) is 0 Å². The lowest BCUT2D eigenvalue weighted by Gasteiger charge is -2.22. The number of benzene rings is 2. The summed E-state index contributed by atoms with van der Waals surface area (Å²) in [5, 5.41) is 4.88. The van der Waals surface area contributed by atoms with Gasteiger partial charge in [0.25, 0.3) is 0 Å². The normalized spacial score (nSPS) is 12.4. The van der Waals surface area contributed by atoms with Crippen LogP contribution in [0, 0.1) is 3.57 Å². The fourth-order valence-electron chi connectivity index (χ4n) is 2.06. The molecule has 0 spiro atoms. The van der Waals surface area contributed by atoms with Crippen LogP contribution < -0.4 is 5.32 Å². The quantitative estimate of drug-likeness (QED) is 0.520. The van der Waals surface area contributed by atoms with E-state index in [1.54, 1.807) is 6.07 Å². The molecule has 2 aromatic rings. The zero-order valence-corrected chi connectivity index (χ0v) is 16.0. The van der Waals surface area contributed by atoms with Crippen molar-refractivity contribution in [1.29, 1.82) is 0 Å². The van der Waals surface area contributed by atoms with Crippen LogP contribution in [0.1, 0.15) is 24.1 Å². The second-order valence-corrected chi connectivity index (χ2v) is 7.27. The average Bonchev–Trinajstić information content (AvgIpc) is 2.42. The highest BCUT2D eigenvalue weighted by atomic mass is 127. The molecule has 0 heterocycles. The third kappa shape index (κ3) is 3.89. The molecule has 106 valence electrons. The van der Waals surface area contributed by atoms with Crippen LogP contribution in [-0.2, 0) is 0 Å². The molecule has 0 saturated carbocycles. The van der Waals surface area contributed by atoms with Gasteiger partial charge < -0.3 is 5.32 Å². The number of rotatable bonds is 4. The van der Waals surface area contributed by atoms with Gasteiger partial charge in [-0.1, -0.05) is 46.1 Å². The van der Waals surface area contributed by atoms with E-state index in [0.29, 0.717) is 10.0 Å². The molecule has 0 aromatic heterocycles. The van der Waals surface area contributed by atoms with Crippen LogP contribution in [0.3, 0.4) is 0 Å². The Balaban J connectivity index is 2.55. The van der Waals surface area contributed by atoms with Crippen LogP contribution in [0.5, 0.6) is 0 Å². The Kier molecular flexibility index (Phi) is 6.17. The van der Waals surface area contributed by atoms with E-state index in [0.717, 1.165) is 22.1 Å². The predicted molar refractivity (Wildman–Crippen MR) is 98.8 cm³/mol. The Morgan fingerprint density at radius 3 is 2.60 bits per heavy atom. The summed E-state index contributed by atoms with van der Waals surface area (Å²) in [6.45, 7) is 2.92. The van der Waals surface area contributed by atoms with Crippen LogP contribution in [-0.4, -0.2) is 6.54 Å². The van der Waals surface area contributed by atoms with Crippen LogP contribution in [0.15, 0.2) is 40.9 Å². The van der Waals surface area contributed by atoms with E-state index in [4.69, 9.17) is 23.2 Å². The molecular weight excluding hydrogens is 472 g/mol. The van der Waals surface area contributed by atoms with Gasteiger partial charge in [0, 0.05) is 18.1 Å². The molecule has 0 saturated heterocycles. The fraction of sp³-hybridized carbons (Fsp3) is 0.200. The summed E-state index contributed by atoms with van der Waals surface area (Å²) in [5.74, 6) is 0. The summed E-state index contributed by atoms with van der Waals surface area (Å²) < 4.78 is 2.24. The van der Waals surface area contributed by atoms with Gasteiger partial charge in [-0.2, -0.15) is 0 Å². The van der Waals surface area contributed by atoms with Crippen molar-refractivity contribution in [2.75, 3.05) is 6.54 Å². The molecular formula is C15H13BrCl2IN. The van der Waals surface area contributed by atoms with Gasteiger partial charge in [-0.25, -0.2) is 0 Å². The molecule has 1 N–H and O–H groups in total. The van der Waals surface area contributed by atoms with Crippen molar-refractivity contribution in [3.05, 3.63) is 65.6 Å². The van der Waals surface area contributed by atoms with Crippen molar-refractivity contribution < 1.29 is 0 Å². The number of hydrogen-bond donors (Lipinski definition) is 1. The van der Waals surface area contributed by atoms with Crippen molar-refractivity contribution in [2.45, 2.75) is 13.0 Å². The summed E-state index contributed by atoms with van der Waals surface area (Å²) in [4.78, 5) is 0. The van der Waals surface area contributed by atoms with Gasteiger partial charge >= 0.3 is 0 Å². The smallest absolute Gasteiger partial charge is 0.0603 e. The largest absolute Gasteiger partial charge is 0.306 e. The maximum Gasteiger partial charge on any atom is 0.0603 e. The molecule has 1 atom stereocenters. The van der Waals surface area contributed by atoms with E-state index in [2.05, 4.69) is 69.0 Å². The van der Waals surface area contributed by atoms with Crippen molar-refractivity contribution in [1.82, 2.24) is 5.32 Å². The summed E-state index contributed by atoms with van der Waals surface area (Å²) in [5.41, 5.74) is 2.15. The third-order valence-electron chi connectivity index (χ3n) is 2.95. The molecule has 20 heavy (non-hydrogen) atoms. The average molecular weight is 485 g/mol. The van der Waals surface area contributed by atoms with E-state index in [9.17, 15) is 0 Å². The first-order valence-electron chi connectivity index (χ1n) is 6.16. The number of hydrogen-bond acceptors (Lipinski definition) is 1. The first-order valence-corrected chi connectivity index (χ1v) is 8.79. The van der Waals surface area contributed by atoms with Crippen LogP contribution in [0.4, 0.5) is 0 Å². The van der Waals surface area contributed by atoms with E-state index in [1.807, 2.05) is 12.1 Å². The summed E-state index contributed by atoms with van der Waals surface area (Å²) in [6.07, 6.45) is 0. The Morgan fingerprint density at radius 1 is 1.15 bits per heavy atom. The van der Waals surface area contributed by atoms with Crippen LogP contribution in [0.25, 0.3) is 0 Å². The fourth-order valence-corrected chi connectivity index (χ4v) is 3.46. The monoisotopic (exact) mass is 483 g/mol. The van der Waals surface area contributed by atoms with Gasteiger partial charge in [-0.3, -0.25) is 0 Å². The first-order chi connectivity index (χ1) is 9.52. The van der Waals surface area contributed by atoms with Crippen molar-refractivity contribution >= 4 is 61.7 Å². The van der Waals surface area contributed by atoms with Gasteiger partial charge in [-0.05, 0) is 76.7 Å². The Bertz CT molecular complexity index is 567. The van der Waals surface area contributed by atoms with Gasteiger partial charge in [0.1, 0.15) is 0 Å². The zero-order chi connectivity index (χ0) is 14.7. The second kappa shape index (κ2) is 7.45. The summed E-state index contributed by atoms with van der Waals surface area (Å²) in [6, 6.07) is 11.8. The topological polar surface area (TPSA) is 12.0 Å². The first kappa shape index (κ1) is 16.6. The molecule has 0 radical (unpaired) electrons. The molecule has 0 fully saturated rings. The lowest BCUT2D eigenvalue weighted by Crippen LogP contribution is -2.22. The van der Waals surface area contributed by atoms with Gasteiger partial charge in [-0.15, -0.1) is 0 Å². The highest BCUT2D eigenvalue weighted by molar-refractivity contribution is 14.1. The van der Waals surface area contributed by atoms with Crippen molar-refractivity contribution in [3.63, 3.8) is 0 Å². The highest BCUT2D eigenvalue weighted by Gasteiger charge is 2.19. The third-order valence-corrected chi connectivity index (χ3v) is 4.92.